The van der Waals surface area contributed by atoms with E-state index in [9.17, 15) is 0 Å². The van der Waals surface area contributed by atoms with Gasteiger partial charge in [0.25, 0.3) is 0 Å². The Bertz CT molecular complexity index is 540. The van der Waals surface area contributed by atoms with Crippen LogP contribution >= 0.6 is 11.6 Å². The molecule has 88 valence electrons. The summed E-state index contributed by atoms with van der Waals surface area (Å²) in [5, 5.41) is 8.45. The number of halogens is 1. The highest BCUT2D eigenvalue weighted by molar-refractivity contribution is 6.30. The van der Waals surface area contributed by atoms with Gasteiger partial charge in [0.2, 0.25) is 5.88 Å². The van der Waals surface area contributed by atoms with E-state index in [-0.39, 0.29) is 0 Å². The minimum Gasteiger partial charge on any atom is -0.481 e. The van der Waals surface area contributed by atoms with Gasteiger partial charge in [0.1, 0.15) is 0 Å². The number of pyridine rings is 1. The molecule has 0 unspecified atom stereocenters. The molecule has 0 spiro atoms. The summed E-state index contributed by atoms with van der Waals surface area (Å²) < 4.78 is 5.01. The standard InChI is InChI=1S/C12H12ClN3O/c1-7-8(2)12(13)16-15-11(7)9-4-5-10(17-3)14-6-9/h4-6H,1-3H3. The summed E-state index contributed by atoms with van der Waals surface area (Å²) in [7, 11) is 1.58. The number of hydrogen-bond acceptors (Lipinski definition) is 4. The minimum atomic E-state index is 0.438. The molecule has 4 nitrogen and oxygen atoms in total. The fourth-order valence-electron chi connectivity index (χ4n) is 1.49. The third-order valence-corrected chi connectivity index (χ3v) is 3.04. The van der Waals surface area contributed by atoms with Crippen LogP contribution in [0.4, 0.5) is 0 Å². The highest BCUT2D eigenvalue weighted by Crippen LogP contribution is 2.25. The van der Waals surface area contributed by atoms with Crippen LogP contribution in [-0.2, 0) is 0 Å². The third kappa shape index (κ3) is 2.22. The normalized spacial score (nSPS) is 10.4. The quantitative estimate of drug-likeness (QED) is 0.821. The number of hydrogen-bond donors (Lipinski definition) is 0. The predicted octanol–water partition coefficient (Wildman–Crippen LogP) is 2.82. The van der Waals surface area contributed by atoms with Crippen molar-refractivity contribution in [1.29, 1.82) is 0 Å². The summed E-state index contributed by atoms with van der Waals surface area (Å²) in [6.45, 7) is 3.89. The van der Waals surface area contributed by atoms with Gasteiger partial charge in [-0.1, -0.05) is 11.6 Å². The van der Waals surface area contributed by atoms with E-state index < -0.39 is 0 Å². The lowest BCUT2D eigenvalue weighted by Gasteiger charge is -2.08. The van der Waals surface area contributed by atoms with Gasteiger partial charge in [-0.25, -0.2) is 4.98 Å². The molecule has 2 aromatic rings. The average molecular weight is 250 g/mol. The third-order valence-electron chi connectivity index (χ3n) is 2.68. The number of ether oxygens (including phenoxy) is 1. The van der Waals surface area contributed by atoms with Gasteiger partial charge in [0, 0.05) is 17.8 Å². The molecule has 0 radical (unpaired) electrons. The molecule has 5 heteroatoms. The van der Waals surface area contributed by atoms with Gasteiger partial charge in [0.15, 0.2) is 5.15 Å². The molecule has 2 heterocycles. The Kier molecular flexibility index (Phi) is 3.24. The monoisotopic (exact) mass is 249 g/mol. The maximum atomic E-state index is 5.91. The Morgan fingerprint density at radius 3 is 2.47 bits per heavy atom. The van der Waals surface area contributed by atoms with E-state index in [0.29, 0.717) is 11.0 Å². The Morgan fingerprint density at radius 2 is 1.88 bits per heavy atom. The van der Waals surface area contributed by atoms with Crippen molar-refractivity contribution >= 4 is 11.6 Å². The smallest absolute Gasteiger partial charge is 0.212 e. The van der Waals surface area contributed by atoms with E-state index in [1.54, 1.807) is 19.4 Å². The minimum absolute atomic E-state index is 0.438. The molecule has 2 rings (SSSR count). The molecule has 0 fully saturated rings. The molecule has 0 aliphatic heterocycles. The predicted molar refractivity (Wildman–Crippen MR) is 66.3 cm³/mol. The summed E-state index contributed by atoms with van der Waals surface area (Å²) in [5.74, 6) is 0.574. The van der Waals surface area contributed by atoms with Gasteiger partial charge in [-0.3, -0.25) is 0 Å². The Labute approximate surface area is 105 Å². The number of rotatable bonds is 2. The molecule has 0 atom stereocenters. The summed E-state index contributed by atoms with van der Waals surface area (Å²) >= 11 is 5.91. The van der Waals surface area contributed by atoms with Crippen LogP contribution in [-0.4, -0.2) is 22.3 Å². The molecule has 0 aliphatic rings. The fourth-order valence-corrected chi connectivity index (χ4v) is 1.67. The lowest BCUT2D eigenvalue weighted by molar-refractivity contribution is 0.398. The number of nitrogens with zero attached hydrogens (tertiary/aromatic N) is 3. The molecular weight excluding hydrogens is 238 g/mol. The van der Waals surface area contributed by atoms with Gasteiger partial charge >= 0.3 is 0 Å². The van der Waals surface area contributed by atoms with E-state index >= 15 is 0 Å². The van der Waals surface area contributed by atoms with Crippen molar-refractivity contribution < 1.29 is 4.74 Å². The van der Waals surface area contributed by atoms with E-state index in [1.165, 1.54) is 0 Å². The summed E-state index contributed by atoms with van der Waals surface area (Å²) in [4.78, 5) is 4.14. The zero-order valence-corrected chi connectivity index (χ0v) is 10.6. The first kappa shape index (κ1) is 11.8. The topological polar surface area (TPSA) is 47.9 Å². The van der Waals surface area contributed by atoms with Crippen LogP contribution < -0.4 is 4.74 Å². The van der Waals surface area contributed by atoms with Gasteiger partial charge in [-0.15, -0.1) is 10.2 Å². The van der Waals surface area contributed by atoms with Crippen molar-refractivity contribution in [2.45, 2.75) is 13.8 Å². The van der Waals surface area contributed by atoms with Crippen LogP contribution in [0.25, 0.3) is 11.3 Å². The van der Waals surface area contributed by atoms with Crippen molar-refractivity contribution in [3.05, 3.63) is 34.6 Å². The zero-order valence-electron chi connectivity index (χ0n) is 9.86. The lowest BCUT2D eigenvalue weighted by atomic mass is 10.1. The molecule has 0 saturated heterocycles. The second-order valence-electron chi connectivity index (χ2n) is 3.68. The van der Waals surface area contributed by atoms with Crippen LogP contribution in [0.5, 0.6) is 5.88 Å². The van der Waals surface area contributed by atoms with E-state index in [2.05, 4.69) is 15.2 Å². The molecule has 0 saturated carbocycles. The lowest BCUT2D eigenvalue weighted by Crippen LogP contribution is -1.97. The van der Waals surface area contributed by atoms with Crippen LogP contribution in [0.1, 0.15) is 11.1 Å². The summed E-state index contributed by atoms with van der Waals surface area (Å²) in [6, 6.07) is 3.69. The van der Waals surface area contributed by atoms with Crippen LogP contribution in [0.15, 0.2) is 18.3 Å². The first-order chi connectivity index (χ1) is 8.13. The van der Waals surface area contributed by atoms with Crippen molar-refractivity contribution in [3.63, 3.8) is 0 Å². The largest absolute Gasteiger partial charge is 0.481 e. The van der Waals surface area contributed by atoms with E-state index in [0.717, 1.165) is 22.4 Å². The van der Waals surface area contributed by atoms with Crippen LogP contribution in [0.2, 0.25) is 5.15 Å². The van der Waals surface area contributed by atoms with Gasteiger partial charge < -0.3 is 4.74 Å². The Balaban J connectivity index is 2.49. The van der Waals surface area contributed by atoms with Gasteiger partial charge in [-0.05, 0) is 31.0 Å². The number of methoxy groups -OCH3 is 1. The zero-order chi connectivity index (χ0) is 12.4. The van der Waals surface area contributed by atoms with Crippen molar-refractivity contribution in [1.82, 2.24) is 15.2 Å². The summed E-state index contributed by atoms with van der Waals surface area (Å²) in [5.41, 5.74) is 3.64. The fraction of sp³-hybridized carbons (Fsp3) is 0.250. The first-order valence-corrected chi connectivity index (χ1v) is 5.51. The van der Waals surface area contributed by atoms with Gasteiger partial charge in [-0.2, -0.15) is 0 Å². The molecule has 2 aromatic heterocycles. The van der Waals surface area contributed by atoms with E-state index in [1.807, 2.05) is 19.9 Å². The molecular formula is C12H12ClN3O. The Hall–Kier alpha value is -1.68. The molecule has 0 N–H and O–H groups in total. The molecule has 0 aliphatic carbocycles. The Morgan fingerprint density at radius 1 is 1.12 bits per heavy atom. The first-order valence-electron chi connectivity index (χ1n) is 5.13. The highest BCUT2D eigenvalue weighted by Gasteiger charge is 2.10. The molecule has 17 heavy (non-hydrogen) atoms. The SMILES string of the molecule is COc1ccc(-c2nnc(Cl)c(C)c2C)cn1. The maximum absolute atomic E-state index is 5.91. The molecule has 0 amide bonds. The molecule has 0 aromatic carbocycles. The number of aromatic nitrogens is 3. The maximum Gasteiger partial charge on any atom is 0.212 e. The second kappa shape index (κ2) is 4.67. The van der Waals surface area contributed by atoms with E-state index in [4.69, 9.17) is 16.3 Å². The highest BCUT2D eigenvalue weighted by atomic mass is 35.5. The molecule has 0 bridgehead atoms. The summed E-state index contributed by atoms with van der Waals surface area (Å²) in [6.07, 6.45) is 1.71. The van der Waals surface area contributed by atoms with Crippen molar-refractivity contribution in [2.24, 2.45) is 0 Å². The van der Waals surface area contributed by atoms with Gasteiger partial charge in [0.05, 0.1) is 12.8 Å². The average Bonchev–Trinajstić information content (AvgIpc) is 2.36. The van der Waals surface area contributed by atoms with Crippen molar-refractivity contribution in [2.75, 3.05) is 7.11 Å². The van der Waals surface area contributed by atoms with Crippen LogP contribution in [0, 0.1) is 13.8 Å². The second-order valence-corrected chi connectivity index (χ2v) is 4.04. The van der Waals surface area contributed by atoms with Crippen molar-refractivity contribution in [3.8, 4) is 17.1 Å². The van der Waals surface area contributed by atoms with Crippen LogP contribution in [0.3, 0.4) is 0 Å².